The zero-order valence-corrected chi connectivity index (χ0v) is 12.6. The number of aliphatic hydroxyl groups is 1. The van der Waals surface area contributed by atoms with Crippen LogP contribution in [0.1, 0.15) is 30.1 Å². The van der Waals surface area contributed by atoms with Crippen LogP contribution in [0.5, 0.6) is 0 Å². The molecule has 1 atom stereocenters. The van der Waals surface area contributed by atoms with Gasteiger partial charge in [0, 0.05) is 12.6 Å². The third-order valence-corrected chi connectivity index (χ3v) is 3.78. The number of hydrogen-bond donors (Lipinski definition) is 2. The molecule has 2 amide bonds. The normalized spacial score (nSPS) is 15.4. The van der Waals surface area contributed by atoms with E-state index < -0.39 is 6.04 Å². The molecule has 21 heavy (non-hydrogen) atoms. The van der Waals surface area contributed by atoms with E-state index in [0.29, 0.717) is 17.1 Å². The highest BCUT2D eigenvalue weighted by Crippen LogP contribution is 2.27. The number of nitrogens with zero attached hydrogens (tertiary/aromatic N) is 1. The molecule has 0 radical (unpaired) electrons. The number of rotatable bonds is 6. The molecule has 5 nitrogen and oxygen atoms in total. The summed E-state index contributed by atoms with van der Waals surface area (Å²) in [5.41, 5.74) is 0.346. The van der Waals surface area contributed by atoms with E-state index >= 15 is 0 Å². The molecule has 1 aromatic rings. The highest BCUT2D eigenvalue weighted by molar-refractivity contribution is 6.33. The molecular formula is C15H19ClN2O3. The van der Waals surface area contributed by atoms with Crippen LogP contribution in [0, 0.1) is 0 Å². The minimum Gasteiger partial charge on any atom is -0.395 e. The molecule has 0 heterocycles. The fraction of sp³-hybridized carbons (Fsp3) is 0.467. The summed E-state index contributed by atoms with van der Waals surface area (Å²) in [6.07, 6.45) is 1.91. The Morgan fingerprint density at radius 2 is 2.10 bits per heavy atom. The van der Waals surface area contributed by atoms with Crippen molar-refractivity contribution in [3.63, 3.8) is 0 Å². The van der Waals surface area contributed by atoms with Gasteiger partial charge in [-0.15, -0.1) is 0 Å². The van der Waals surface area contributed by atoms with Crippen molar-refractivity contribution in [1.29, 1.82) is 0 Å². The van der Waals surface area contributed by atoms with Crippen molar-refractivity contribution in [3.05, 3.63) is 34.9 Å². The summed E-state index contributed by atoms with van der Waals surface area (Å²) in [7, 11) is 0. The Hall–Kier alpha value is -1.59. The number of halogens is 1. The Morgan fingerprint density at radius 3 is 2.67 bits per heavy atom. The summed E-state index contributed by atoms with van der Waals surface area (Å²) < 4.78 is 0. The summed E-state index contributed by atoms with van der Waals surface area (Å²) in [4.78, 5) is 26.1. The van der Waals surface area contributed by atoms with E-state index in [4.69, 9.17) is 16.7 Å². The molecule has 0 bridgehead atoms. The minimum atomic E-state index is -0.652. The van der Waals surface area contributed by atoms with Crippen molar-refractivity contribution in [1.82, 2.24) is 10.2 Å². The Morgan fingerprint density at radius 1 is 1.43 bits per heavy atom. The van der Waals surface area contributed by atoms with E-state index in [9.17, 15) is 9.59 Å². The Labute approximate surface area is 128 Å². The first-order valence-electron chi connectivity index (χ1n) is 7.01. The zero-order chi connectivity index (χ0) is 15.4. The number of carbonyl (C=O) groups excluding carboxylic acids is 2. The van der Waals surface area contributed by atoms with Gasteiger partial charge >= 0.3 is 0 Å². The summed E-state index contributed by atoms with van der Waals surface area (Å²) in [5, 5.41) is 12.1. The van der Waals surface area contributed by atoms with Gasteiger partial charge < -0.3 is 15.3 Å². The summed E-state index contributed by atoms with van der Waals surface area (Å²) in [6, 6.07) is 6.25. The molecule has 6 heteroatoms. The molecule has 2 rings (SSSR count). The molecule has 1 saturated carbocycles. The maximum absolute atomic E-state index is 12.3. The van der Waals surface area contributed by atoms with Crippen LogP contribution in [0.3, 0.4) is 0 Å². The molecule has 1 aliphatic carbocycles. The smallest absolute Gasteiger partial charge is 0.253 e. The van der Waals surface area contributed by atoms with Crippen LogP contribution in [0.15, 0.2) is 24.3 Å². The predicted octanol–water partition coefficient (Wildman–Crippen LogP) is 1.44. The maximum atomic E-state index is 12.3. The molecule has 114 valence electrons. The third-order valence-electron chi connectivity index (χ3n) is 3.45. The van der Waals surface area contributed by atoms with Crippen molar-refractivity contribution in [2.45, 2.75) is 31.8 Å². The summed E-state index contributed by atoms with van der Waals surface area (Å²) in [6.45, 7) is 1.87. The standard InChI is InChI=1S/C15H19ClN2O3/c1-10(15(21)18(8-9-19)11-6-7-11)17-14(20)12-4-2-3-5-13(12)16/h2-5,10-11,19H,6-9H2,1H3,(H,17,20). The zero-order valence-electron chi connectivity index (χ0n) is 11.9. The number of aliphatic hydroxyl groups excluding tert-OH is 1. The third kappa shape index (κ3) is 3.95. The van der Waals surface area contributed by atoms with E-state index in [1.807, 2.05) is 0 Å². The lowest BCUT2D eigenvalue weighted by Gasteiger charge is -2.25. The van der Waals surface area contributed by atoms with E-state index in [1.54, 1.807) is 36.1 Å². The number of nitrogens with one attached hydrogen (secondary N) is 1. The van der Waals surface area contributed by atoms with Crippen molar-refractivity contribution < 1.29 is 14.7 Å². The summed E-state index contributed by atoms with van der Waals surface area (Å²) in [5.74, 6) is -0.548. The van der Waals surface area contributed by atoms with Crippen LogP contribution < -0.4 is 5.32 Å². The number of amides is 2. The van der Waals surface area contributed by atoms with Gasteiger partial charge in [-0.25, -0.2) is 0 Å². The van der Waals surface area contributed by atoms with Crippen molar-refractivity contribution >= 4 is 23.4 Å². The second-order valence-corrected chi connectivity index (χ2v) is 5.57. The van der Waals surface area contributed by atoms with Gasteiger partial charge in [0.05, 0.1) is 17.2 Å². The number of hydrogen-bond acceptors (Lipinski definition) is 3. The van der Waals surface area contributed by atoms with Gasteiger partial charge in [0.25, 0.3) is 5.91 Å². The van der Waals surface area contributed by atoms with Gasteiger partial charge in [-0.2, -0.15) is 0 Å². The largest absolute Gasteiger partial charge is 0.395 e. The highest BCUT2D eigenvalue weighted by atomic mass is 35.5. The molecule has 1 unspecified atom stereocenters. The predicted molar refractivity (Wildman–Crippen MR) is 80.2 cm³/mol. The van der Waals surface area contributed by atoms with Gasteiger partial charge in [0.15, 0.2) is 0 Å². The van der Waals surface area contributed by atoms with Crippen LogP contribution in [0.2, 0.25) is 5.02 Å². The topological polar surface area (TPSA) is 69.6 Å². The van der Waals surface area contributed by atoms with Gasteiger partial charge in [0.2, 0.25) is 5.91 Å². The minimum absolute atomic E-state index is 0.0760. The SMILES string of the molecule is CC(NC(=O)c1ccccc1Cl)C(=O)N(CCO)C1CC1. The fourth-order valence-electron chi connectivity index (χ4n) is 2.20. The number of benzene rings is 1. The Kier molecular flexibility index (Phi) is 5.20. The summed E-state index contributed by atoms with van der Waals surface area (Å²) >= 11 is 5.97. The van der Waals surface area contributed by atoms with Crippen molar-refractivity contribution in [2.75, 3.05) is 13.2 Å². The number of carbonyl (C=O) groups is 2. The molecule has 1 aromatic carbocycles. The lowest BCUT2D eigenvalue weighted by molar-refractivity contribution is -0.133. The second kappa shape index (κ2) is 6.91. The second-order valence-electron chi connectivity index (χ2n) is 5.16. The van der Waals surface area contributed by atoms with E-state index in [0.717, 1.165) is 12.8 Å². The molecular weight excluding hydrogens is 292 g/mol. The quantitative estimate of drug-likeness (QED) is 0.835. The molecule has 0 saturated heterocycles. The molecule has 0 aromatic heterocycles. The van der Waals surface area contributed by atoms with E-state index in [1.165, 1.54) is 0 Å². The molecule has 2 N–H and O–H groups in total. The first kappa shape index (κ1) is 15.8. The Balaban J connectivity index is 2.00. The first-order valence-corrected chi connectivity index (χ1v) is 7.39. The van der Waals surface area contributed by atoms with E-state index in [2.05, 4.69) is 5.32 Å². The molecule has 0 aliphatic heterocycles. The molecule has 1 fully saturated rings. The average molecular weight is 311 g/mol. The highest BCUT2D eigenvalue weighted by Gasteiger charge is 2.34. The Bertz CT molecular complexity index is 531. The first-order chi connectivity index (χ1) is 10.0. The van der Waals surface area contributed by atoms with E-state index in [-0.39, 0.29) is 24.5 Å². The lowest BCUT2D eigenvalue weighted by atomic mass is 10.2. The van der Waals surface area contributed by atoms with Crippen LogP contribution in [0.4, 0.5) is 0 Å². The average Bonchev–Trinajstić information content (AvgIpc) is 3.28. The molecule has 1 aliphatic rings. The van der Waals surface area contributed by atoms with Gasteiger partial charge in [0.1, 0.15) is 6.04 Å². The molecule has 0 spiro atoms. The van der Waals surface area contributed by atoms with Crippen molar-refractivity contribution in [3.8, 4) is 0 Å². The van der Waals surface area contributed by atoms with Gasteiger partial charge in [-0.1, -0.05) is 23.7 Å². The maximum Gasteiger partial charge on any atom is 0.253 e. The lowest BCUT2D eigenvalue weighted by Crippen LogP contribution is -2.48. The van der Waals surface area contributed by atoms with Gasteiger partial charge in [-0.3, -0.25) is 9.59 Å². The monoisotopic (exact) mass is 310 g/mol. The van der Waals surface area contributed by atoms with Crippen LogP contribution in [0.25, 0.3) is 0 Å². The fourth-order valence-corrected chi connectivity index (χ4v) is 2.42. The van der Waals surface area contributed by atoms with Crippen LogP contribution in [-0.2, 0) is 4.79 Å². The van der Waals surface area contributed by atoms with Crippen LogP contribution >= 0.6 is 11.6 Å². The van der Waals surface area contributed by atoms with Gasteiger partial charge in [-0.05, 0) is 31.9 Å². The van der Waals surface area contributed by atoms with Crippen LogP contribution in [-0.4, -0.2) is 47.1 Å². The van der Waals surface area contributed by atoms with Crippen molar-refractivity contribution in [2.24, 2.45) is 0 Å².